The quantitative estimate of drug-likeness (QED) is 0.655. The van der Waals surface area contributed by atoms with Crippen LogP contribution < -0.4 is 5.73 Å². The van der Waals surface area contributed by atoms with E-state index >= 15 is 0 Å². The maximum absolute atomic E-state index is 6.17. The van der Waals surface area contributed by atoms with E-state index in [4.69, 9.17) is 24.7 Å². The molecule has 2 heterocycles. The van der Waals surface area contributed by atoms with E-state index in [9.17, 15) is 0 Å². The van der Waals surface area contributed by atoms with Gasteiger partial charge < -0.3 is 18.9 Å². The maximum atomic E-state index is 6.17. The van der Waals surface area contributed by atoms with Crippen LogP contribution in [0, 0.1) is 0 Å². The average Bonchev–Trinajstić information content (AvgIpc) is 2.55. The molecule has 14 heavy (non-hydrogen) atoms. The van der Waals surface area contributed by atoms with Gasteiger partial charge in [-0.1, -0.05) is 0 Å². The Labute approximate surface area is 83.4 Å². The Hall–Kier alpha value is -0.200. The molecule has 0 amide bonds. The number of ether oxygens (including phenoxy) is 4. The van der Waals surface area contributed by atoms with Gasteiger partial charge in [0, 0.05) is 14.2 Å². The van der Waals surface area contributed by atoms with Crippen molar-refractivity contribution in [3.8, 4) is 0 Å². The van der Waals surface area contributed by atoms with Crippen LogP contribution in [0.4, 0.5) is 0 Å². The lowest BCUT2D eigenvalue weighted by molar-refractivity contribution is -0.123. The lowest BCUT2D eigenvalue weighted by Crippen LogP contribution is -2.62. The number of hydrogen-bond donors (Lipinski definition) is 1. The van der Waals surface area contributed by atoms with E-state index in [1.54, 1.807) is 14.2 Å². The maximum Gasteiger partial charge on any atom is 0.177 e. The fourth-order valence-electron chi connectivity index (χ4n) is 2.29. The highest BCUT2D eigenvalue weighted by Gasteiger charge is 2.67. The van der Waals surface area contributed by atoms with Crippen molar-refractivity contribution in [3.63, 3.8) is 0 Å². The molecule has 2 fully saturated rings. The van der Waals surface area contributed by atoms with Gasteiger partial charge in [-0.25, -0.2) is 0 Å². The standard InChI is InChI=1S/C9H17NO4/c1-8-6(11-2)4-14-9(8,10)7(12-3)5-13-8/h6-7H,4-5,10H2,1-3H3/t6-,7-,8-,9-/m1/s1. The summed E-state index contributed by atoms with van der Waals surface area (Å²) in [4.78, 5) is 0. The molecule has 5 heteroatoms. The van der Waals surface area contributed by atoms with Crippen LogP contribution in [0.25, 0.3) is 0 Å². The number of hydrogen-bond acceptors (Lipinski definition) is 5. The summed E-state index contributed by atoms with van der Waals surface area (Å²) in [5.41, 5.74) is 4.67. The van der Waals surface area contributed by atoms with Gasteiger partial charge >= 0.3 is 0 Å². The van der Waals surface area contributed by atoms with Crippen LogP contribution in [-0.4, -0.2) is 51.0 Å². The highest BCUT2D eigenvalue weighted by Crippen LogP contribution is 2.44. The molecule has 2 rings (SSSR count). The highest BCUT2D eigenvalue weighted by atomic mass is 16.7. The van der Waals surface area contributed by atoms with Crippen LogP contribution in [0.15, 0.2) is 0 Å². The molecule has 5 nitrogen and oxygen atoms in total. The van der Waals surface area contributed by atoms with Crippen molar-refractivity contribution in [2.75, 3.05) is 27.4 Å². The van der Waals surface area contributed by atoms with Crippen LogP contribution in [0.5, 0.6) is 0 Å². The minimum absolute atomic E-state index is 0.132. The summed E-state index contributed by atoms with van der Waals surface area (Å²) in [6.45, 7) is 2.81. The van der Waals surface area contributed by atoms with Crippen molar-refractivity contribution < 1.29 is 18.9 Å². The predicted octanol–water partition coefficient (Wildman–Crippen LogP) is -0.509. The molecule has 0 unspecified atom stereocenters. The van der Waals surface area contributed by atoms with Crippen LogP contribution in [-0.2, 0) is 18.9 Å². The molecule has 2 aliphatic rings. The summed E-state index contributed by atoms with van der Waals surface area (Å²) in [5, 5.41) is 0. The lowest BCUT2D eigenvalue weighted by Gasteiger charge is -2.35. The summed E-state index contributed by atoms with van der Waals surface area (Å²) < 4.78 is 21.8. The van der Waals surface area contributed by atoms with Gasteiger partial charge in [0.05, 0.1) is 13.2 Å². The third-order valence-corrected chi connectivity index (χ3v) is 3.45. The molecule has 2 aliphatic heterocycles. The Morgan fingerprint density at radius 3 is 2.29 bits per heavy atom. The fourth-order valence-corrected chi connectivity index (χ4v) is 2.29. The van der Waals surface area contributed by atoms with Crippen LogP contribution in [0.1, 0.15) is 6.92 Å². The van der Waals surface area contributed by atoms with Gasteiger partial charge in [-0.15, -0.1) is 0 Å². The SMILES string of the molecule is CO[C@@H]1CO[C@]2(N)[C@H](OC)CO[C@]12C. The van der Waals surface area contributed by atoms with Crippen molar-refractivity contribution in [3.05, 3.63) is 0 Å². The Kier molecular flexibility index (Phi) is 2.32. The van der Waals surface area contributed by atoms with Crippen LogP contribution >= 0.6 is 0 Å². The van der Waals surface area contributed by atoms with Crippen molar-refractivity contribution in [2.45, 2.75) is 30.5 Å². The van der Waals surface area contributed by atoms with Crippen LogP contribution in [0.2, 0.25) is 0 Å². The van der Waals surface area contributed by atoms with Gasteiger partial charge in [-0.2, -0.15) is 0 Å². The van der Waals surface area contributed by atoms with Gasteiger partial charge in [-0.05, 0) is 6.92 Å². The molecule has 2 N–H and O–H groups in total. The molecule has 0 bridgehead atoms. The van der Waals surface area contributed by atoms with E-state index in [1.165, 1.54) is 0 Å². The first-order chi connectivity index (χ1) is 6.58. The molecule has 0 saturated carbocycles. The zero-order chi connectivity index (χ0) is 10.4. The van der Waals surface area contributed by atoms with Gasteiger partial charge in [0.15, 0.2) is 5.72 Å². The summed E-state index contributed by atoms with van der Waals surface area (Å²) in [6.07, 6.45) is -0.361. The zero-order valence-corrected chi connectivity index (χ0v) is 8.78. The third kappa shape index (κ3) is 1.02. The molecule has 0 spiro atoms. The number of rotatable bonds is 2. The normalized spacial score (nSPS) is 52.3. The third-order valence-electron chi connectivity index (χ3n) is 3.45. The van der Waals surface area contributed by atoms with Crippen LogP contribution in [0.3, 0.4) is 0 Å². The topological polar surface area (TPSA) is 62.9 Å². The van der Waals surface area contributed by atoms with E-state index in [-0.39, 0.29) is 12.2 Å². The average molecular weight is 203 g/mol. The Morgan fingerprint density at radius 1 is 1.14 bits per heavy atom. The second-order valence-electron chi connectivity index (χ2n) is 3.97. The van der Waals surface area contributed by atoms with E-state index in [0.717, 1.165) is 0 Å². The zero-order valence-electron chi connectivity index (χ0n) is 8.78. The van der Waals surface area contributed by atoms with E-state index < -0.39 is 11.3 Å². The van der Waals surface area contributed by atoms with Gasteiger partial charge in [0.2, 0.25) is 0 Å². The van der Waals surface area contributed by atoms with Crippen molar-refractivity contribution in [2.24, 2.45) is 5.73 Å². The molecule has 82 valence electrons. The number of methoxy groups -OCH3 is 2. The molecular formula is C9H17NO4. The Bertz CT molecular complexity index is 213. The minimum Gasteiger partial charge on any atom is -0.376 e. The first-order valence-electron chi connectivity index (χ1n) is 4.71. The highest BCUT2D eigenvalue weighted by molar-refractivity contribution is 5.13. The summed E-state index contributed by atoms with van der Waals surface area (Å²) >= 11 is 0. The Morgan fingerprint density at radius 2 is 1.71 bits per heavy atom. The largest absolute Gasteiger partial charge is 0.376 e. The van der Waals surface area contributed by atoms with Gasteiger partial charge in [0.1, 0.15) is 17.8 Å². The number of fused-ring (bicyclic) bond motifs is 1. The fraction of sp³-hybridized carbons (Fsp3) is 1.00. The summed E-state index contributed by atoms with van der Waals surface area (Å²) in [6, 6.07) is 0. The lowest BCUT2D eigenvalue weighted by atomic mass is 9.89. The monoisotopic (exact) mass is 203 g/mol. The minimum atomic E-state index is -0.886. The summed E-state index contributed by atoms with van der Waals surface area (Å²) in [5.74, 6) is 0. The smallest absolute Gasteiger partial charge is 0.177 e. The molecule has 0 radical (unpaired) electrons. The molecule has 0 aromatic rings. The number of nitrogens with two attached hydrogens (primary N) is 1. The van der Waals surface area contributed by atoms with E-state index in [0.29, 0.717) is 13.2 Å². The second kappa shape index (κ2) is 3.15. The Balaban J connectivity index is 2.29. The van der Waals surface area contributed by atoms with Gasteiger partial charge in [0.25, 0.3) is 0 Å². The molecule has 0 aromatic carbocycles. The molecule has 0 aliphatic carbocycles. The van der Waals surface area contributed by atoms with E-state index in [2.05, 4.69) is 0 Å². The second-order valence-corrected chi connectivity index (χ2v) is 3.97. The molecule has 2 saturated heterocycles. The first-order valence-corrected chi connectivity index (χ1v) is 4.71. The molecule has 0 aromatic heterocycles. The van der Waals surface area contributed by atoms with Crippen molar-refractivity contribution in [1.29, 1.82) is 0 Å². The predicted molar refractivity (Wildman–Crippen MR) is 48.8 cm³/mol. The van der Waals surface area contributed by atoms with Crippen molar-refractivity contribution >= 4 is 0 Å². The summed E-state index contributed by atoms with van der Waals surface area (Å²) in [7, 11) is 3.24. The van der Waals surface area contributed by atoms with Gasteiger partial charge in [-0.3, -0.25) is 5.73 Å². The molecule has 4 atom stereocenters. The van der Waals surface area contributed by atoms with E-state index in [1.807, 2.05) is 6.92 Å². The molecular weight excluding hydrogens is 186 g/mol. The first kappa shape index (κ1) is 10.3. The van der Waals surface area contributed by atoms with Crippen molar-refractivity contribution in [1.82, 2.24) is 0 Å².